The van der Waals surface area contributed by atoms with E-state index in [2.05, 4.69) is 15.1 Å². The van der Waals surface area contributed by atoms with Gasteiger partial charge in [0, 0.05) is 44.6 Å². The molecule has 2 aromatic rings. The summed E-state index contributed by atoms with van der Waals surface area (Å²) >= 11 is 0. The Kier molecular flexibility index (Phi) is 4.97. The van der Waals surface area contributed by atoms with Crippen LogP contribution in [-0.2, 0) is 16.0 Å². The smallest absolute Gasteiger partial charge is 0.258 e. The number of hydrogen-bond donors (Lipinski definition) is 0. The molecule has 0 spiro atoms. The zero-order valence-electron chi connectivity index (χ0n) is 13.1. The number of carbonyl (C=O) groups is 1. The molecule has 0 saturated carbocycles. The molecule has 2 aromatic heterocycles. The van der Waals surface area contributed by atoms with E-state index in [9.17, 15) is 4.79 Å². The molecular weight excluding hydrogens is 296 g/mol. The lowest BCUT2D eigenvalue weighted by Gasteiger charge is -2.15. The van der Waals surface area contributed by atoms with Crippen LogP contribution in [0.3, 0.4) is 0 Å². The number of pyridine rings is 1. The highest BCUT2D eigenvalue weighted by atomic mass is 16.5. The molecule has 1 unspecified atom stereocenters. The molecule has 0 aromatic carbocycles. The highest BCUT2D eigenvalue weighted by molar-refractivity contribution is 5.76. The lowest BCUT2D eigenvalue weighted by molar-refractivity contribution is -0.131. The Labute approximate surface area is 134 Å². The average molecular weight is 316 g/mol. The largest absolute Gasteiger partial charge is 0.384 e. The number of hydrogen-bond acceptors (Lipinski definition) is 6. The fraction of sp³-hybridized carbons (Fsp3) is 0.500. The Hall–Kier alpha value is -2.28. The van der Waals surface area contributed by atoms with Crippen LogP contribution in [0.4, 0.5) is 0 Å². The summed E-state index contributed by atoms with van der Waals surface area (Å²) in [6, 6.07) is 3.67. The number of methoxy groups -OCH3 is 1. The SMILES string of the molecule is COCCC(=O)N1CCC(Cc2noc(-c3ccncc3)n2)C1. The highest BCUT2D eigenvalue weighted by Gasteiger charge is 2.27. The zero-order chi connectivity index (χ0) is 16.1. The molecule has 0 bridgehead atoms. The Bertz CT molecular complexity index is 644. The van der Waals surface area contributed by atoms with Gasteiger partial charge in [-0.3, -0.25) is 9.78 Å². The highest BCUT2D eigenvalue weighted by Crippen LogP contribution is 2.22. The quantitative estimate of drug-likeness (QED) is 0.804. The maximum Gasteiger partial charge on any atom is 0.258 e. The first kappa shape index (κ1) is 15.6. The van der Waals surface area contributed by atoms with Gasteiger partial charge in [0.05, 0.1) is 13.0 Å². The van der Waals surface area contributed by atoms with Gasteiger partial charge >= 0.3 is 0 Å². The maximum absolute atomic E-state index is 12.0. The minimum atomic E-state index is 0.153. The zero-order valence-corrected chi connectivity index (χ0v) is 13.1. The van der Waals surface area contributed by atoms with Crippen LogP contribution < -0.4 is 0 Å². The topological polar surface area (TPSA) is 81.4 Å². The summed E-state index contributed by atoms with van der Waals surface area (Å²) < 4.78 is 10.3. The van der Waals surface area contributed by atoms with Gasteiger partial charge in [0.25, 0.3) is 5.89 Å². The molecule has 3 rings (SSSR count). The molecular formula is C16H20N4O3. The standard InChI is InChI=1S/C16H20N4O3/c1-22-9-5-15(21)20-8-4-12(11-20)10-14-18-16(23-19-14)13-2-6-17-7-3-13/h2-3,6-7,12H,4-5,8-11H2,1H3. The lowest BCUT2D eigenvalue weighted by atomic mass is 10.1. The number of nitrogens with zero attached hydrogens (tertiary/aromatic N) is 4. The Morgan fingerprint density at radius 1 is 1.43 bits per heavy atom. The Morgan fingerprint density at radius 2 is 2.26 bits per heavy atom. The predicted molar refractivity (Wildman–Crippen MR) is 82.4 cm³/mol. The van der Waals surface area contributed by atoms with E-state index in [-0.39, 0.29) is 5.91 Å². The van der Waals surface area contributed by atoms with E-state index in [4.69, 9.17) is 9.26 Å². The molecule has 0 radical (unpaired) electrons. The second kappa shape index (κ2) is 7.32. The Balaban J connectivity index is 1.55. The van der Waals surface area contributed by atoms with Crippen molar-refractivity contribution in [2.24, 2.45) is 5.92 Å². The minimum Gasteiger partial charge on any atom is -0.384 e. The number of carbonyl (C=O) groups excluding carboxylic acids is 1. The van der Waals surface area contributed by atoms with Crippen molar-refractivity contribution in [2.75, 3.05) is 26.8 Å². The Morgan fingerprint density at radius 3 is 3.04 bits per heavy atom. The summed E-state index contributed by atoms with van der Waals surface area (Å²) in [7, 11) is 1.61. The summed E-state index contributed by atoms with van der Waals surface area (Å²) in [5, 5.41) is 4.05. The first-order valence-corrected chi connectivity index (χ1v) is 7.76. The molecule has 1 fully saturated rings. The van der Waals surface area contributed by atoms with Crippen LogP contribution in [0.25, 0.3) is 11.5 Å². The number of likely N-dealkylation sites (tertiary alicyclic amines) is 1. The van der Waals surface area contributed by atoms with Gasteiger partial charge in [0.1, 0.15) is 0 Å². The summed E-state index contributed by atoms with van der Waals surface area (Å²) in [4.78, 5) is 22.3. The molecule has 1 atom stereocenters. The van der Waals surface area contributed by atoms with Crippen LogP contribution in [0.15, 0.2) is 29.0 Å². The van der Waals surface area contributed by atoms with Gasteiger partial charge in [-0.05, 0) is 24.5 Å². The van der Waals surface area contributed by atoms with Gasteiger partial charge in [0.2, 0.25) is 5.91 Å². The molecule has 122 valence electrons. The van der Waals surface area contributed by atoms with Gasteiger partial charge in [-0.1, -0.05) is 5.16 Å². The molecule has 23 heavy (non-hydrogen) atoms. The number of amides is 1. The van der Waals surface area contributed by atoms with Crippen molar-refractivity contribution in [1.82, 2.24) is 20.0 Å². The maximum atomic E-state index is 12.0. The molecule has 3 heterocycles. The predicted octanol–water partition coefficient (Wildman–Crippen LogP) is 1.56. The molecule has 1 aliphatic rings. The van der Waals surface area contributed by atoms with E-state index in [1.165, 1.54) is 0 Å². The molecule has 7 nitrogen and oxygen atoms in total. The molecule has 0 N–H and O–H groups in total. The van der Waals surface area contributed by atoms with Crippen LogP contribution in [0.2, 0.25) is 0 Å². The van der Waals surface area contributed by atoms with Crippen molar-refractivity contribution >= 4 is 5.91 Å². The van der Waals surface area contributed by atoms with Gasteiger partial charge < -0.3 is 14.2 Å². The third-order valence-corrected chi connectivity index (χ3v) is 4.03. The van der Waals surface area contributed by atoms with Crippen molar-refractivity contribution in [3.8, 4) is 11.5 Å². The van der Waals surface area contributed by atoms with E-state index in [0.717, 1.165) is 31.5 Å². The minimum absolute atomic E-state index is 0.153. The van der Waals surface area contributed by atoms with Crippen molar-refractivity contribution in [3.63, 3.8) is 0 Å². The van der Waals surface area contributed by atoms with E-state index in [0.29, 0.717) is 30.7 Å². The van der Waals surface area contributed by atoms with Gasteiger partial charge in [-0.15, -0.1) is 0 Å². The van der Waals surface area contributed by atoms with Crippen molar-refractivity contribution in [3.05, 3.63) is 30.4 Å². The summed E-state index contributed by atoms with van der Waals surface area (Å²) in [6.45, 7) is 2.02. The van der Waals surface area contributed by atoms with Crippen LogP contribution >= 0.6 is 0 Å². The third kappa shape index (κ3) is 3.92. The fourth-order valence-corrected chi connectivity index (χ4v) is 2.78. The molecule has 7 heteroatoms. The lowest BCUT2D eigenvalue weighted by Crippen LogP contribution is -2.29. The van der Waals surface area contributed by atoms with Crippen molar-refractivity contribution in [2.45, 2.75) is 19.3 Å². The van der Waals surface area contributed by atoms with Crippen LogP contribution in [0.5, 0.6) is 0 Å². The summed E-state index contributed by atoms with van der Waals surface area (Å²) in [6.07, 6.45) is 5.53. The third-order valence-electron chi connectivity index (χ3n) is 4.03. The summed E-state index contributed by atoms with van der Waals surface area (Å²) in [5.74, 6) is 1.73. The van der Waals surface area contributed by atoms with E-state index in [1.54, 1.807) is 19.5 Å². The molecule has 0 aliphatic carbocycles. The normalized spacial score (nSPS) is 17.6. The number of ether oxygens (including phenoxy) is 1. The molecule has 1 aliphatic heterocycles. The second-order valence-corrected chi connectivity index (χ2v) is 5.69. The number of aromatic nitrogens is 3. The van der Waals surface area contributed by atoms with Gasteiger partial charge in [-0.25, -0.2) is 0 Å². The first-order valence-electron chi connectivity index (χ1n) is 7.76. The average Bonchev–Trinajstić information content (AvgIpc) is 3.23. The van der Waals surface area contributed by atoms with E-state index in [1.807, 2.05) is 17.0 Å². The fourth-order valence-electron chi connectivity index (χ4n) is 2.78. The van der Waals surface area contributed by atoms with Gasteiger partial charge in [-0.2, -0.15) is 4.98 Å². The number of rotatable bonds is 6. The van der Waals surface area contributed by atoms with Crippen LogP contribution in [0.1, 0.15) is 18.7 Å². The van der Waals surface area contributed by atoms with Crippen LogP contribution in [0, 0.1) is 5.92 Å². The first-order chi connectivity index (χ1) is 11.3. The van der Waals surface area contributed by atoms with E-state index >= 15 is 0 Å². The molecule has 1 amide bonds. The van der Waals surface area contributed by atoms with Crippen molar-refractivity contribution < 1.29 is 14.1 Å². The summed E-state index contributed by atoms with van der Waals surface area (Å²) in [5.41, 5.74) is 0.863. The van der Waals surface area contributed by atoms with Crippen molar-refractivity contribution in [1.29, 1.82) is 0 Å². The van der Waals surface area contributed by atoms with E-state index < -0.39 is 0 Å². The van der Waals surface area contributed by atoms with Crippen LogP contribution in [-0.4, -0.2) is 52.7 Å². The van der Waals surface area contributed by atoms with Gasteiger partial charge in [0.15, 0.2) is 5.82 Å². The second-order valence-electron chi connectivity index (χ2n) is 5.69. The monoisotopic (exact) mass is 316 g/mol. The molecule has 1 saturated heterocycles.